The molecule has 7 nitrogen and oxygen atoms in total. The van der Waals surface area contributed by atoms with Gasteiger partial charge in [-0.15, -0.1) is 0 Å². The van der Waals surface area contributed by atoms with Gasteiger partial charge in [0, 0.05) is 19.3 Å². The number of anilines is 1. The van der Waals surface area contributed by atoms with Gasteiger partial charge in [-0.1, -0.05) is 42.5 Å². The minimum absolute atomic E-state index is 0.00488. The van der Waals surface area contributed by atoms with Gasteiger partial charge >= 0.3 is 18.4 Å². The number of halogens is 6. The fraction of sp³-hybridized carbons (Fsp3) is 0.300. The molecule has 0 spiro atoms. The number of carbonyl (C=O) groups is 1. The van der Waals surface area contributed by atoms with E-state index in [0.717, 1.165) is 5.56 Å². The van der Waals surface area contributed by atoms with E-state index >= 15 is 0 Å². The fourth-order valence-electron chi connectivity index (χ4n) is 4.63. The molecule has 1 atom stereocenters. The van der Waals surface area contributed by atoms with Crippen molar-refractivity contribution >= 4 is 22.6 Å². The van der Waals surface area contributed by atoms with Crippen molar-refractivity contribution in [3.05, 3.63) is 106 Å². The number of aromatic nitrogens is 2. The molecule has 1 heterocycles. The van der Waals surface area contributed by atoms with Crippen LogP contribution >= 0.6 is 0 Å². The van der Waals surface area contributed by atoms with E-state index in [2.05, 4.69) is 10.3 Å². The van der Waals surface area contributed by atoms with E-state index in [1.54, 1.807) is 49.4 Å². The molecule has 0 radical (unpaired) electrons. The van der Waals surface area contributed by atoms with Crippen molar-refractivity contribution in [2.45, 2.75) is 38.3 Å². The van der Waals surface area contributed by atoms with E-state index in [0.29, 0.717) is 29.5 Å². The molecule has 0 aliphatic rings. The summed E-state index contributed by atoms with van der Waals surface area (Å²) < 4.78 is 87.3. The Balaban J connectivity index is 1.78. The number of urea groups is 1. The van der Waals surface area contributed by atoms with Crippen molar-refractivity contribution in [1.82, 2.24) is 14.5 Å². The van der Waals surface area contributed by atoms with Crippen molar-refractivity contribution in [2.24, 2.45) is 0 Å². The summed E-state index contributed by atoms with van der Waals surface area (Å²) in [5.41, 5.74) is -3.02. The molecule has 0 saturated carbocycles. The highest BCUT2D eigenvalue weighted by Gasteiger charge is 2.37. The second-order valence-electron chi connectivity index (χ2n) is 9.77. The van der Waals surface area contributed by atoms with Crippen LogP contribution in [0.15, 0.2) is 77.6 Å². The van der Waals surface area contributed by atoms with Crippen LogP contribution in [0.4, 0.5) is 36.8 Å². The molecule has 1 unspecified atom stereocenters. The van der Waals surface area contributed by atoms with Crippen LogP contribution in [0.1, 0.15) is 35.5 Å². The number of fused-ring (bicyclic) bond motifs is 1. The largest absolute Gasteiger partial charge is 0.416 e. The number of carbonyl (C=O) groups excluding carboxylic acids is 1. The first-order chi connectivity index (χ1) is 20.3. The van der Waals surface area contributed by atoms with E-state index in [1.165, 1.54) is 16.6 Å². The van der Waals surface area contributed by atoms with E-state index in [1.807, 2.05) is 12.1 Å². The summed E-state index contributed by atoms with van der Waals surface area (Å²) in [7, 11) is 1.45. The molecule has 228 valence electrons. The summed E-state index contributed by atoms with van der Waals surface area (Å²) in [6, 6.07) is 14.6. The van der Waals surface area contributed by atoms with Crippen LogP contribution in [-0.2, 0) is 30.1 Å². The van der Waals surface area contributed by atoms with Crippen molar-refractivity contribution in [3.8, 4) is 0 Å². The molecule has 0 fully saturated rings. The zero-order chi connectivity index (χ0) is 31.4. The van der Waals surface area contributed by atoms with Crippen LogP contribution in [0.3, 0.4) is 0 Å². The number of nitrogens with zero attached hydrogens (tertiary/aromatic N) is 3. The lowest BCUT2D eigenvalue weighted by Gasteiger charge is -2.31. The van der Waals surface area contributed by atoms with Gasteiger partial charge in [0.25, 0.3) is 5.56 Å². The van der Waals surface area contributed by atoms with Crippen LogP contribution in [0.2, 0.25) is 0 Å². The van der Waals surface area contributed by atoms with Gasteiger partial charge in [-0.25, -0.2) is 9.78 Å². The Hall–Kier alpha value is -4.39. The van der Waals surface area contributed by atoms with Gasteiger partial charge in [-0.2, -0.15) is 26.3 Å². The molecule has 1 aromatic heterocycles. The topological polar surface area (TPSA) is 76.5 Å². The van der Waals surface area contributed by atoms with Gasteiger partial charge in [0.15, 0.2) is 0 Å². The summed E-state index contributed by atoms with van der Waals surface area (Å²) in [4.78, 5) is 32.9. The smallest absolute Gasteiger partial charge is 0.383 e. The number of rotatable bonds is 9. The molecule has 43 heavy (non-hydrogen) atoms. The number of hydrogen-bond donors (Lipinski definition) is 1. The predicted octanol–water partition coefficient (Wildman–Crippen LogP) is 6.92. The highest BCUT2D eigenvalue weighted by molar-refractivity contribution is 5.90. The summed E-state index contributed by atoms with van der Waals surface area (Å²) in [6.45, 7) is 1.80. The van der Waals surface area contributed by atoms with Gasteiger partial charge in [0.05, 0.1) is 41.2 Å². The second kappa shape index (κ2) is 12.9. The SMILES string of the molecule is COCCn1c(C(C)N(CCc2ccccc2)C(=O)Nc2cc(C(F)(F)F)cc(C(F)(F)F)c2)nc2ccccc2c1=O. The molecular weight excluding hydrogens is 578 g/mol. The number of ether oxygens (including phenoxy) is 1. The number of benzene rings is 3. The van der Waals surface area contributed by atoms with E-state index in [4.69, 9.17) is 4.74 Å². The van der Waals surface area contributed by atoms with Crippen LogP contribution in [0.5, 0.6) is 0 Å². The molecule has 2 amide bonds. The Morgan fingerprint density at radius 2 is 1.56 bits per heavy atom. The summed E-state index contributed by atoms with van der Waals surface area (Å²) in [6.07, 6.45) is -9.88. The number of nitrogens with one attached hydrogen (secondary N) is 1. The highest BCUT2D eigenvalue weighted by Crippen LogP contribution is 2.37. The fourth-order valence-corrected chi connectivity index (χ4v) is 4.63. The Kier molecular flexibility index (Phi) is 9.43. The molecule has 0 aliphatic heterocycles. The summed E-state index contributed by atoms with van der Waals surface area (Å²) >= 11 is 0. The quantitative estimate of drug-likeness (QED) is 0.210. The number of amides is 2. The third-order valence-electron chi connectivity index (χ3n) is 6.84. The minimum Gasteiger partial charge on any atom is -0.383 e. The molecule has 0 aliphatic carbocycles. The van der Waals surface area contributed by atoms with Gasteiger partial charge in [0.1, 0.15) is 5.82 Å². The first kappa shape index (κ1) is 31.5. The second-order valence-corrected chi connectivity index (χ2v) is 9.77. The van der Waals surface area contributed by atoms with Crippen LogP contribution in [0.25, 0.3) is 10.9 Å². The summed E-state index contributed by atoms with van der Waals surface area (Å²) in [5.74, 6) is 0.170. The van der Waals surface area contributed by atoms with Crippen LogP contribution < -0.4 is 10.9 Å². The third-order valence-corrected chi connectivity index (χ3v) is 6.84. The van der Waals surface area contributed by atoms with E-state index in [-0.39, 0.29) is 37.1 Å². The number of hydrogen-bond acceptors (Lipinski definition) is 4. The maximum Gasteiger partial charge on any atom is 0.416 e. The van der Waals surface area contributed by atoms with E-state index in [9.17, 15) is 35.9 Å². The van der Waals surface area contributed by atoms with Crippen LogP contribution in [0, 0.1) is 0 Å². The molecule has 1 N–H and O–H groups in total. The Labute approximate surface area is 242 Å². The monoisotopic (exact) mass is 606 g/mol. The van der Waals surface area contributed by atoms with Crippen molar-refractivity contribution in [2.75, 3.05) is 25.6 Å². The zero-order valence-electron chi connectivity index (χ0n) is 23.2. The normalized spacial score (nSPS) is 12.7. The maximum absolute atomic E-state index is 13.7. The maximum atomic E-state index is 13.7. The Morgan fingerprint density at radius 3 is 2.16 bits per heavy atom. The number of para-hydroxylation sites is 1. The first-order valence-electron chi connectivity index (χ1n) is 13.2. The minimum atomic E-state index is -5.09. The third kappa shape index (κ3) is 7.53. The van der Waals surface area contributed by atoms with Gasteiger partial charge in [0.2, 0.25) is 0 Å². The Morgan fingerprint density at radius 1 is 0.953 bits per heavy atom. The molecule has 4 aromatic rings. The predicted molar refractivity (Wildman–Crippen MR) is 149 cm³/mol. The van der Waals surface area contributed by atoms with Crippen LogP contribution in [-0.4, -0.2) is 40.7 Å². The van der Waals surface area contributed by atoms with Gasteiger partial charge in [-0.05, 0) is 49.2 Å². The molecule has 0 bridgehead atoms. The molecule has 13 heteroatoms. The van der Waals surface area contributed by atoms with Crippen molar-refractivity contribution in [1.29, 1.82) is 0 Å². The van der Waals surface area contributed by atoms with Crippen molar-refractivity contribution < 1.29 is 35.9 Å². The van der Waals surface area contributed by atoms with Gasteiger partial charge in [-0.3, -0.25) is 9.36 Å². The van der Waals surface area contributed by atoms with Crippen molar-refractivity contribution in [3.63, 3.8) is 0 Å². The average Bonchev–Trinajstić information content (AvgIpc) is 2.96. The zero-order valence-corrected chi connectivity index (χ0v) is 23.2. The standard InChI is InChI=1S/C30H28F6N4O3/c1-19(26-38-25-11-7-6-10-24(25)27(41)40(26)14-15-43-2)39(13-12-20-8-4-3-5-9-20)28(42)37-23-17-21(29(31,32)33)16-22(18-23)30(34,35)36/h3-11,16-19H,12-15H2,1-2H3,(H,37,42). The molecule has 0 saturated heterocycles. The lowest BCUT2D eigenvalue weighted by atomic mass is 10.1. The lowest BCUT2D eigenvalue weighted by Crippen LogP contribution is -2.41. The number of alkyl halides is 6. The lowest BCUT2D eigenvalue weighted by molar-refractivity contribution is -0.143. The Bertz CT molecular complexity index is 1610. The highest BCUT2D eigenvalue weighted by atomic mass is 19.4. The first-order valence-corrected chi connectivity index (χ1v) is 13.2. The summed E-state index contributed by atoms with van der Waals surface area (Å²) in [5, 5.41) is 2.55. The average molecular weight is 607 g/mol. The molecular formula is C30H28F6N4O3. The van der Waals surface area contributed by atoms with Gasteiger partial charge < -0.3 is 15.0 Å². The van der Waals surface area contributed by atoms with E-state index < -0.39 is 41.2 Å². The number of methoxy groups -OCH3 is 1. The molecule has 3 aromatic carbocycles. The molecule has 4 rings (SSSR count).